The molecule has 0 spiro atoms. The Bertz CT molecular complexity index is 1120. The quantitative estimate of drug-likeness (QED) is 0.572. The summed E-state index contributed by atoms with van der Waals surface area (Å²) in [4.78, 5) is 39.6. The zero-order valence-electron chi connectivity index (χ0n) is 12.9. The highest BCUT2D eigenvalue weighted by Gasteiger charge is 2.14. The molecule has 0 amide bonds. The van der Waals surface area contributed by atoms with Crippen LogP contribution in [0.4, 0.5) is 0 Å². The van der Waals surface area contributed by atoms with E-state index in [1.807, 2.05) is 28.8 Å². The van der Waals surface area contributed by atoms with Gasteiger partial charge in [0, 0.05) is 20.0 Å². The van der Waals surface area contributed by atoms with Crippen LogP contribution in [0, 0.1) is 0 Å². The van der Waals surface area contributed by atoms with Crippen molar-refractivity contribution < 1.29 is 4.79 Å². The van der Waals surface area contributed by atoms with E-state index in [4.69, 9.17) is 0 Å². The number of aromatic nitrogens is 6. The number of hydrogen-bond acceptors (Lipinski definition) is 5. The van der Waals surface area contributed by atoms with E-state index >= 15 is 0 Å². The summed E-state index contributed by atoms with van der Waals surface area (Å²) in [5, 5.41) is 0. The second-order valence-corrected chi connectivity index (χ2v) is 5.48. The van der Waals surface area contributed by atoms with Crippen LogP contribution in [0.3, 0.4) is 0 Å². The van der Waals surface area contributed by atoms with Crippen LogP contribution in [0.2, 0.25) is 0 Å². The summed E-state index contributed by atoms with van der Waals surface area (Å²) in [6, 6.07) is 7.55. The average Bonchev–Trinajstić information content (AvgIpc) is 3.19. The number of nitrogens with one attached hydrogen (secondary N) is 1. The van der Waals surface area contributed by atoms with Gasteiger partial charge < -0.3 is 9.55 Å². The third kappa shape index (κ3) is 2.19. The average molecular weight is 322 g/mol. The maximum absolute atomic E-state index is 12.4. The number of rotatable bonds is 4. The molecule has 1 N–H and O–H groups in total. The van der Waals surface area contributed by atoms with Crippen LogP contribution in [0.5, 0.6) is 0 Å². The van der Waals surface area contributed by atoms with Crippen molar-refractivity contribution in [1.29, 1.82) is 0 Å². The van der Waals surface area contributed by atoms with Crippen molar-refractivity contribution in [3.05, 3.63) is 53.1 Å². The fourth-order valence-corrected chi connectivity index (χ4v) is 2.80. The molecule has 0 radical (unpaired) electrons. The summed E-state index contributed by atoms with van der Waals surface area (Å²) < 4.78 is 3.33. The van der Waals surface area contributed by atoms with E-state index in [1.165, 1.54) is 24.1 Å². The van der Waals surface area contributed by atoms with E-state index in [2.05, 4.69) is 19.9 Å². The Balaban J connectivity index is 1.74. The summed E-state index contributed by atoms with van der Waals surface area (Å²) in [7, 11) is 0. The molecule has 120 valence electrons. The minimum atomic E-state index is -0.189. The van der Waals surface area contributed by atoms with Gasteiger partial charge in [-0.3, -0.25) is 14.2 Å². The normalized spacial score (nSPS) is 11.4. The molecule has 8 heteroatoms. The van der Waals surface area contributed by atoms with Gasteiger partial charge in [0.25, 0.3) is 5.56 Å². The molecule has 0 atom stereocenters. The number of nitrogens with zero attached hydrogens (tertiary/aromatic N) is 5. The fraction of sp³-hybridized carbons (Fsp3) is 0.188. The lowest BCUT2D eigenvalue weighted by molar-refractivity contribution is 0.0999. The molecule has 4 aromatic rings. The highest BCUT2D eigenvalue weighted by atomic mass is 16.1. The lowest BCUT2D eigenvalue weighted by Gasteiger charge is -2.09. The molecular weight excluding hydrogens is 308 g/mol. The van der Waals surface area contributed by atoms with Crippen LogP contribution >= 0.6 is 0 Å². The van der Waals surface area contributed by atoms with Gasteiger partial charge in [-0.25, -0.2) is 15.0 Å². The van der Waals surface area contributed by atoms with Crippen LogP contribution in [0.25, 0.3) is 22.2 Å². The Labute approximate surface area is 135 Å². The van der Waals surface area contributed by atoms with Gasteiger partial charge in [0.15, 0.2) is 22.8 Å². The number of imidazole rings is 2. The van der Waals surface area contributed by atoms with Crippen LogP contribution < -0.4 is 5.56 Å². The Hall–Kier alpha value is -3.29. The summed E-state index contributed by atoms with van der Waals surface area (Å²) in [6.07, 6.45) is 2.92. The molecule has 0 bridgehead atoms. The zero-order chi connectivity index (χ0) is 16.7. The first-order valence-corrected chi connectivity index (χ1v) is 7.50. The highest BCUT2D eigenvalue weighted by molar-refractivity contribution is 5.94. The molecular formula is C16H14N6O2. The van der Waals surface area contributed by atoms with Crippen LogP contribution in [0.1, 0.15) is 17.5 Å². The molecule has 0 aliphatic rings. The number of Topliss-reactive ketones (excluding diaryl/α,β-unsaturated/α-hetero) is 1. The number of benzene rings is 1. The number of aromatic amines is 1. The van der Waals surface area contributed by atoms with Crippen LogP contribution in [-0.4, -0.2) is 34.9 Å². The minimum absolute atomic E-state index is 0.110. The molecule has 0 aliphatic heterocycles. The molecule has 1 aromatic carbocycles. The summed E-state index contributed by atoms with van der Waals surface area (Å²) in [6.45, 7) is 2.31. The number of para-hydroxylation sites is 2. The first kappa shape index (κ1) is 14.3. The van der Waals surface area contributed by atoms with E-state index in [9.17, 15) is 9.59 Å². The molecule has 0 fully saturated rings. The van der Waals surface area contributed by atoms with Gasteiger partial charge in [0.05, 0.1) is 17.4 Å². The van der Waals surface area contributed by atoms with Gasteiger partial charge in [-0.15, -0.1) is 0 Å². The standard InChI is InChI=1S/C16H14N6O2/c1-10(23)15-20-11-4-2-3-5-12(11)22(15)7-6-21-9-19-14-13(16(21)24)17-8-18-14/h2-5,8-9H,6-7H2,1H3,(H,17,18). The molecule has 0 saturated carbocycles. The smallest absolute Gasteiger partial charge is 0.279 e. The number of H-pyrrole nitrogens is 1. The zero-order valence-corrected chi connectivity index (χ0v) is 12.9. The van der Waals surface area contributed by atoms with Crippen molar-refractivity contribution in [3.63, 3.8) is 0 Å². The number of carbonyl (C=O) groups excluding carboxylic acids is 1. The van der Waals surface area contributed by atoms with Gasteiger partial charge >= 0.3 is 0 Å². The van der Waals surface area contributed by atoms with Crippen molar-refractivity contribution in [2.75, 3.05) is 0 Å². The Morgan fingerprint density at radius 2 is 2.04 bits per heavy atom. The second-order valence-electron chi connectivity index (χ2n) is 5.48. The molecule has 0 aliphatic carbocycles. The van der Waals surface area contributed by atoms with E-state index in [1.54, 1.807) is 0 Å². The van der Waals surface area contributed by atoms with E-state index in [0.717, 1.165) is 11.0 Å². The maximum atomic E-state index is 12.4. The van der Waals surface area contributed by atoms with E-state index < -0.39 is 0 Å². The Morgan fingerprint density at radius 3 is 2.88 bits per heavy atom. The SMILES string of the molecule is CC(=O)c1nc2ccccc2n1CCn1cnc2nc[nH]c2c1=O. The van der Waals surface area contributed by atoms with Crippen LogP contribution in [0.15, 0.2) is 41.7 Å². The molecule has 0 unspecified atom stereocenters. The summed E-state index contributed by atoms with van der Waals surface area (Å²) >= 11 is 0. The number of carbonyl (C=O) groups is 1. The first-order chi connectivity index (χ1) is 11.6. The lowest BCUT2D eigenvalue weighted by Crippen LogP contribution is -2.23. The monoisotopic (exact) mass is 322 g/mol. The highest BCUT2D eigenvalue weighted by Crippen LogP contribution is 2.16. The maximum Gasteiger partial charge on any atom is 0.279 e. The van der Waals surface area contributed by atoms with Crippen molar-refractivity contribution in [2.45, 2.75) is 20.0 Å². The molecule has 3 heterocycles. The molecule has 8 nitrogen and oxygen atoms in total. The first-order valence-electron chi connectivity index (χ1n) is 7.50. The van der Waals surface area contributed by atoms with Crippen molar-refractivity contribution in [1.82, 2.24) is 29.1 Å². The summed E-state index contributed by atoms with van der Waals surface area (Å²) in [5.41, 5.74) is 2.21. The van der Waals surface area contributed by atoms with E-state index in [-0.39, 0.29) is 11.3 Å². The van der Waals surface area contributed by atoms with Crippen LogP contribution in [-0.2, 0) is 13.1 Å². The molecule has 4 rings (SSSR count). The Kier molecular flexibility index (Phi) is 3.23. The van der Waals surface area contributed by atoms with E-state index in [0.29, 0.717) is 30.1 Å². The number of fused-ring (bicyclic) bond motifs is 2. The van der Waals surface area contributed by atoms with Gasteiger partial charge in [-0.1, -0.05) is 12.1 Å². The second kappa shape index (κ2) is 5.41. The number of hydrogen-bond donors (Lipinski definition) is 1. The largest absolute Gasteiger partial charge is 0.339 e. The number of aryl methyl sites for hydroxylation is 2. The Morgan fingerprint density at radius 1 is 1.21 bits per heavy atom. The molecule has 0 saturated heterocycles. The van der Waals surface area contributed by atoms with Gasteiger partial charge in [0.1, 0.15) is 6.33 Å². The van der Waals surface area contributed by atoms with Crippen molar-refractivity contribution in [3.8, 4) is 0 Å². The number of ketones is 1. The van der Waals surface area contributed by atoms with Crippen molar-refractivity contribution in [2.24, 2.45) is 0 Å². The molecule has 24 heavy (non-hydrogen) atoms. The summed E-state index contributed by atoms with van der Waals surface area (Å²) in [5.74, 6) is 0.278. The predicted octanol–water partition coefficient (Wildman–Crippen LogP) is 1.37. The predicted molar refractivity (Wildman–Crippen MR) is 87.9 cm³/mol. The third-order valence-corrected chi connectivity index (χ3v) is 3.95. The lowest BCUT2D eigenvalue weighted by atomic mass is 10.3. The third-order valence-electron chi connectivity index (χ3n) is 3.95. The molecule has 3 aromatic heterocycles. The van der Waals surface area contributed by atoms with Crippen molar-refractivity contribution >= 4 is 28.0 Å². The van der Waals surface area contributed by atoms with Gasteiger partial charge in [0.2, 0.25) is 0 Å². The minimum Gasteiger partial charge on any atom is -0.339 e. The van der Waals surface area contributed by atoms with Gasteiger partial charge in [-0.2, -0.15) is 0 Å². The van der Waals surface area contributed by atoms with Gasteiger partial charge in [-0.05, 0) is 12.1 Å². The topological polar surface area (TPSA) is 98.5 Å². The fourth-order valence-electron chi connectivity index (χ4n) is 2.80.